The van der Waals surface area contributed by atoms with E-state index in [0.717, 1.165) is 16.1 Å². The Morgan fingerprint density at radius 2 is 2.19 bits per heavy atom. The number of nitrogens with zero attached hydrogens (tertiary/aromatic N) is 2. The van der Waals surface area contributed by atoms with Gasteiger partial charge in [0.25, 0.3) is 5.91 Å². The van der Waals surface area contributed by atoms with Gasteiger partial charge in [-0.3, -0.25) is 4.79 Å². The van der Waals surface area contributed by atoms with Gasteiger partial charge in [-0.05, 0) is 44.2 Å². The van der Waals surface area contributed by atoms with Crippen LogP contribution in [0.1, 0.15) is 38.8 Å². The Hall–Kier alpha value is -2.51. The summed E-state index contributed by atoms with van der Waals surface area (Å²) in [6.07, 6.45) is 1.70. The lowest BCUT2D eigenvalue weighted by Gasteiger charge is -2.13. The Morgan fingerprint density at radius 3 is 2.92 bits per heavy atom. The van der Waals surface area contributed by atoms with Crippen LogP contribution in [-0.4, -0.2) is 22.8 Å². The first-order valence-corrected chi connectivity index (χ1v) is 9.00. The average molecular weight is 373 g/mol. The SMILES string of the molecule is COCc1ccc(C(=O)N[C@@H](C)c2cnn(-c3cccc(F)c3)c2C)s1. The number of carbonyl (C=O) groups is 1. The fourth-order valence-electron chi connectivity index (χ4n) is 2.78. The molecule has 0 fully saturated rings. The standard InChI is InChI=1S/C19H20FN3O2S/c1-12(22-19(24)18-8-7-16(26-18)11-25-3)17-10-21-23(13(17)2)15-6-4-5-14(20)9-15/h4-10,12H,11H2,1-3H3,(H,22,24)/t12-/m0/s1. The summed E-state index contributed by atoms with van der Waals surface area (Å²) in [7, 11) is 1.63. The van der Waals surface area contributed by atoms with Crippen LogP contribution >= 0.6 is 11.3 Å². The van der Waals surface area contributed by atoms with Crippen molar-refractivity contribution >= 4 is 17.2 Å². The molecule has 0 saturated heterocycles. The molecular formula is C19H20FN3O2S. The fraction of sp³-hybridized carbons (Fsp3) is 0.263. The molecule has 7 heteroatoms. The van der Waals surface area contributed by atoms with E-state index in [1.807, 2.05) is 19.9 Å². The summed E-state index contributed by atoms with van der Waals surface area (Å²) >= 11 is 1.41. The largest absolute Gasteiger partial charge is 0.379 e. The molecule has 3 rings (SSSR count). The Bertz CT molecular complexity index is 919. The Morgan fingerprint density at radius 1 is 1.38 bits per heavy atom. The van der Waals surface area contributed by atoms with Gasteiger partial charge in [-0.2, -0.15) is 5.10 Å². The van der Waals surface area contributed by atoms with Crippen molar-refractivity contribution in [1.82, 2.24) is 15.1 Å². The molecule has 0 aliphatic carbocycles. The van der Waals surface area contributed by atoms with Gasteiger partial charge < -0.3 is 10.1 Å². The highest BCUT2D eigenvalue weighted by atomic mass is 32.1. The molecule has 1 amide bonds. The smallest absolute Gasteiger partial charge is 0.261 e. The second kappa shape index (κ2) is 7.80. The van der Waals surface area contributed by atoms with Crippen LogP contribution in [0.25, 0.3) is 5.69 Å². The van der Waals surface area contributed by atoms with Crippen LogP contribution in [-0.2, 0) is 11.3 Å². The summed E-state index contributed by atoms with van der Waals surface area (Å²) in [5.74, 6) is -0.451. The minimum absolute atomic E-state index is 0.136. The van der Waals surface area contributed by atoms with E-state index in [0.29, 0.717) is 17.2 Å². The predicted octanol–water partition coefficient (Wildman–Crippen LogP) is 4.02. The molecule has 0 spiro atoms. The van der Waals surface area contributed by atoms with E-state index in [-0.39, 0.29) is 17.8 Å². The van der Waals surface area contributed by atoms with Gasteiger partial charge >= 0.3 is 0 Å². The second-order valence-electron chi connectivity index (χ2n) is 5.97. The van der Waals surface area contributed by atoms with E-state index in [4.69, 9.17) is 4.74 Å². The molecule has 1 aromatic carbocycles. The van der Waals surface area contributed by atoms with Crippen molar-refractivity contribution in [3.8, 4) is 5.69 Å². The first-order chi connectivity index (χ1) is 12.5. The third-order valence-electron chi connectivity index (χ3n) is 4.09. The Labute approximate surface area is 155 Å². The Balaban J connectivity index is 1.75. The molecule has 0 bridgehead atoms. The molecule has 3 aromatic rings. The van der Waals surface area contributed by atoms with E-state index in [1.54, 1.807) is 36.2 Å². The summed E-state index contributed by atoms with van der Waals surface area (Å²) in [6.45, 7) is 4.30. The number of halogens is 1. The van der Waals surface area contributed by atoms with Crippen LogP contribution in [0.3, 0.4) is 0 Å². The van der Waals surface area contributed by atoms with Crippen molar-refractivity contribution in [2.45, 2.75) is 26.5 Å². The monoisotopic (exact) mass is 373 g/mol. The number of benzene rings is 1. The highest BCUT2D eigenvalue weighted by Crippen LogP contribution is 2.22. The van der Waals surface area contributed by atoms with Gasteiger partial charge in [0, 0.05) is 23.2 Å². The van der Waals surface area contributed by atoms with E-state index in [9.17, 15) is 9.18 Å². The minimum atomic E-state index is -0.315. The number of thiophene rings is 1. The van der Waals surface area contributed by atoms with Gasteiger partial charge in [-0.1, -0.05) is 6.07 Å². The van der Waals surface area contributed by atoms with Gasteiger partial charge in [0.2, 0.25) is 0 Å². The molecule has 1 N–H and O–H groups in total. The molecular weight excluding hydrogens is 353 g/mol. The number of aromatic nitrogens is 2. The summed E-state index contributed by atoms with van der Waals surface area (Å²) < 4.78 is 20.2. The third-order valence-corrected chi connectivity index (χ3v) is 5.14. The summed E-state index contributed by atoms with van der Waals surface area (Å²) in [6, 6.07) is 9.72. The minimum Gasteiger partial charge on any atom is -0.379 e. The molecule has 0 saturated carbocycles. The molecule has 0 radical (unpaired) electrons. The zero-order chi connectivity index (χ0) is 18.7. The van der Waals surface area contributed by atoms with Gasteiger partial charge in [-0.15, -0.1) is 11.3 Å². The van der Waals surface area contributed by atoms with Crippen molar-refractivity contribution < 1.29 is 13.9 Å². The molecule has 5 nitrogen and oxygen atoms in total. The number of amides is 1. The van der Waals surface area contributed by atoms with Crippen LogP contribution in [0.2, 0.25) is 0 Å². The van der Waals surface area contributed by atoms with Crippen molar-refractivity contribution in [3.05, 3.63) is 69.4 Å². The average Bonchev–Trinajstić information content (AvgIpc) is 3.22. The van der Waals surface area contributed by atoms with Crippen molar-refractivity contribution in [2.75, 3.05) is 7.11 Å². The highest BCUT2D eigenvalue weighted by molar-refractivity contribution is 7.14. The van der Waals surface area contributed by atoms with Gasteiger partial charge in [-0.25, -0.2) is 9.07 Å². The van der Waals surface area contributed by atoms with E-state index >= 15 is 0 Å². The molecule has 0 aliphatic heterocycles. The maximum atomic E-state index is 13.5. The number of hydrogen-bond donors (Lipinski definition) is 1. The molecule has 136 valence electrons. The van der Waals surface area contributed by atoms with E-state index in [1.165, 1.54) is 23.5 Å². The summed E-state index contributed by atoms with van der Waals surface area (Å²) in [5, 5.41) is 7.33. The van der Waals surface area contributed by atoms with Crippen LogP contribution < -0.4 is 5.32 Å². The van der Waals surface area contributed by atoms with E-state index < -0.39 is 0 Å². The number of carbonyl (C=O) groups excluding carboxylic acids is 1. The maximum absolute atomic E-state index is 13.5. The lowest BCUT2D eigenvalue weighted by atomic mass is 10.1. The van der Waals surface area contributed by atoms with Crippen molar-refractivity contribution in [2.24, 2.45) is 0 Å². The summed E-state index contributed by atoms with van der Waals surface area (Å²) in [4.78, 5) is 14.1. The fourth-order valence-corrected chi connectivity index (χ4v) is 3.66. The maximum Gasteiger partial charge on any atom is 0.261 e. The van der Waals surface area contributed by atoms with Gasteiger partial charge in [0.15, 0.2) is 0 Å². The third kappa shape index (κ3) is 3.84. The van der Waals surface area contributed by atoms with Crippen molar-refractivity contribution in [1.29, 1.82) is 0 Å². The molecule has 2 heterocycles. The Kier molecular flexibility index (Phi) is 5.49. The topological polar surface area (TPSA) is 56.1 Å². The summed E-state index contributed by atoms with van der Waals surface area (Å²) in [5.41, 5.74) is 2.39. The highest BCUT2D eigenvalue weighted by Gasteiger charge is 2.18. The number of hydrogen-bond acceptors (Lipinski definition) is 4. The quantitative estimate of drug-likeness (QED) is 0.710. The lowest BCUT2D eigenvalue weighted by Crippen LogP contribution is -2.26. The van der Waals surface area contributed by atoms with Crippen molar-refractivity contribution in [3.63, 3.8) is 0 Å². The number of rotatable bonds is 6. The van der Waals surface area contributed by atoms with Gasteiger partial charge in [0.05, 0.1) is 29.4 Å². The van der Waals surface area contributed by atoms with Crippen LogP contribution in [0.5, 0.6) is 0 Å². The van der Waals surface area contributed by atoms with Gasteiger partial charge in [0.1, 0.15) is 5.82 Å². The van der Waals surface area contributed by atoms with Crippen LogP contribution in [0.15, 0.2) is 42.6 Å². The molecule has 2 aromatic heterocycles. The molecule has 1 atom stereocenters. The molecule has 0 unspecified atom stereocenters. The zero-order valence-corrected chi connectivity index (χ0v) is 15.6. The lowest BCUT2D eigenvalue weighted by molar-refractivity contribution is 0.0944. The molecule has 26 heavy (non-hydrogen) atoms. The first-order valence-electron chi connectivity index (χ1n) is 8.18. The number of ether oxygens (including phenoxy) is 1. The first kappa shape index (κ1) is 18.3. The van der Waals surface area contributed by atoms with E-state index in [2.05, 4.69) is 10.4 Å². The number of nitrogens with one attached hydrogen (secondary N) is 1. The predicted molar refractivity (Wildman–Crippen MR) is 99.2 cm³/mol. The van der Waals surface area contributed by atoms with Crippen LogP contribution in [0, 0.1) is 12.7 Å². The number of methoxy groups -OCH3 is 1. The van der Waals surface area contributed by atoms with Crippen LogP contribution in [0.4, 0.5) is 4.39 Å². The second-order valence-corrected chi connectivity index (χ2v) is 7.14. The molecule has 0 aliphatic rings. The normalized spacial score (nSPS) is 12.2. The zero-order valence-electron chi connectivity index (χ0n) is 14.8.